The highest BCUT2D eigenvalue weighted by atomic mass is 32.2. The van der Waals surface area contributed by atoms with E-state index in [9.17, 15) is 22.0 Å². The van der Waals surface area contributed by atoms with E-state index in [-0.39, 0.29) is 45.4 Å². The zero-order chi connectivity index (χ0) is 25.0. The Labute approximate surface area is 204 Å². The number of halogens is 2. The van der Waals surface area contributed by atoms with E-state index in [1.165, 1.54) is 24.1 Å². The van der Waals surface area contributed by atoms with Crippen LogP contribution >= 0.6 is 11.3 Å². The number of fused-ring (bicyclic) bond motifs is 1. The highest BCUT2D eigenvalue weighted by molar-refractivity contribution is 7.91. The molecule has 0 bridgehead atoms. The van der Waals surface area contributed by atoms with E-state index in [2.05, 4.69) is 9.97 Å². The number of aromatic nitrogens is 2. The van der Waals surface area contributed by atoms with E-state index in [0.29, 0.717) is 11.4 Å². The predicted octanol–water partition coefficient (Wildman–Crippen LogP) is 4.77. The Hall–Kier alpha value is -3.44. The van der Waals surface area contributed by atoms with Gasteiger partial charge in [-0.1, -0.05) is 17.4 Å². The van der Waals surface area contributed by atoms with Gasteiger partial charge < -0.3 is 4.74 Å². The number of methoxy groups -OCH3 is 1. The van der Waals surface area contributed by atoms with Crippen molar-refractivity contribution in [1.29, 1.82) is 0 Å². The van der Waals surface area contributed by atoms with Gasteiger partial charge in [0.1, 0.15) is 17.1 Å². The molecule has 0 saturated carbocycles. The Morgan fingerprint density at radius 2 is 1.89 bits per heavy atom. The first-order chi connectivity index (χ1) is 16.8. The van der Waals surface area contributed by atoms with E-state index in [1.54, 1.807) is 36.5 Å². The van der Waals surface area contributed by atoms with Crippen molar-refractivity contribution < 1.29 is 26.7 Å². The number of carbonyl (C=O) groups excluding carboxylic acids is 1. The van der Waals surface area contributed by atoms with Gasteiger partial charge in [0.05, 0.1) is 34.7 Å². The number of rotatable bonds is 9. The summed E-state index contributed by atoms with van der Waals surface area (Å²) in [4.78, 5) is 23.1. The van der Waals surface area contributed by atoms with Crippen molar-refractivity contribution in [3.05, 3.63) is 78.1 Å². The molecular formula is C24H21F2N3O4S2. The largest absolute Gasteiger partial charge is 0.497 e. The minimum Gasteiger partial charge on any atom is -0.497 e. The molecule has 0 aliphatic rings. The van der Waals surface area contributed by atoms with Crippen LogP contribution in [0.4, 0.5) is 13.9 Å². The summed E-state index contributed by atoms with van der Waals surface area (Å²) in [6.07, 6.45) is 1.56. The Morgan fingerprint density at radius 3 is 2.57 bits per heavy atom. The van der Waals surface area contributed by atoms with Crippen molar-refractivity contribution >= 4 is 42.4 Å². The van der Waals surface area contributed by atoms with Crippen LogP contribution in [-0.2, 0) is 21.2 Å². The number of thiazole rings is 1. The maximum absolute atomic E-state index is 14.2. The van der Waals surface area contributed by atoms with Crippen molar-refractivity contribution in [1.82, 2.24) is 9.97 Å². The number of pyridine rings is 1. The molecule has 1 amide bonds. The van der Waals surface area contributed by atoms with Gasteiger partial charge in [-0.3, -0.25) is 14.7 Å². The summed E-state index contributed by atoms with van der Waals surface area (Å²) in [6, 6.07) is 13.1. The molecule has 2 aromatic carbocycles. The molecule has 7 nitrogen and oxygen atoms in total. The summed E-state index contributed by atoms with van der Waals surface area (Å²) in [5.41, 5.74) is 0.532. The van der Waals surface area contributed by atoms with Crippen LogP contribution in [0.1, 0.15) is 18.5 Å². The van der Waals surface area contributed by atoms with Gasteiger partial charge in [0.15, 0.2) is 20.8 Å². The maximum Gasteiger partial charge on any atom is 0.229 e. The zero-order valence-corrected chi connectivity index (χ0v) is 20.3. The molecule has 0 aliphatic carbocycles. The Morgan fingerprint density at radius 1 is 1.11 bits per heavy atom. The summed E-state index contributed by atoms with van der Waals surface area (Å²) in [6.45, 7) is 0.0504. The third-order valence-electron chi connectivity index (χ3n) is 5.20. The van der Waals surface area contributed by atoms with Gasteiger partial charge in [-0.15, -0.1) is 0 Å². The monoisotopic (exact) mass is 517 g/mol. The van der Waals surface area contributed by atoms with Crippen LogP contribution in [0.2, 0.25) is 0 Å². The first-order valence-electron chi connectivity index (χ1n) is 10.6. The number of hydrogen-bond donors (Lipinski definition) is 0. The summed E-state index contributed by atoms with van der Waals surface area (Å²) in [5.74, 6) is -1.66. The second-order valence-corrected chi connectivity index (χ2v) is 10.7. The molecule has 0 unspecified atom stereocenters. The minimum atomic E-state index is -3.60. The number of benzene rings is 2. The van der Waals surface area contributed by atoms with Crippen LogP contribution in [0.25, 0.3) is 10.2 Å². The van der Waals surface area contributed by atoms with Crippen molar-refractivity contribution in [2.45, 2.75) is 24.3 Å². The third kappa shape index (κ3) is 5.80. The van der Waals surface area contributed by atoms with Gasteiger partial charge in [-0.25, -0.2) is 22.2 Å². The smallest absolute Gasteiger partial charge is 0.229 e. The Bertz CT molecular complexity index is 1440. The fourth-order valence-corrected chi connectivity index (χ4v) is 5.76. The van der Waals surface area contributed by atoms with Crippen LogP contribution in [-0.4, -0.2) is 37.2 Å². The molecule has 0 aliphatic heterocycles. The molecule has 2 heterocycles. The van der Waals surface area contributed by atoms with Crippen LogP contribution < -0.4 is 9.64 Å². The average molecular weight is 518 g/mol. The normalized spacial score (nSPS) is 11.5. The summed E-state index contributed by atoms with van der Waals surface area (Å²) < 4.78 is 58.5. The van der Waals surface area contributed by atoms with Crippen molar-refractivity contribution in [3.8, 4) is 5.75 Å². The van der Waals surface area contributed by atoms with Crippen molar-refractivity contribution in [2.75, 3.05) is 17.8 Å². The highest BCUT2D eigenvalue weighted by Gasteiger charge is 2.23. The lowest BCUT2D eigenvalue weighted by molar-refractivity contribution is -0.118. The molecule has 2 aromatic heterocycles. The predicted molar refractivity (Wildman–Crippen MR) is 129 cm³/mol. The van der Waals surface area contributed by atoms with Gasteiger partial charge in [0, 0.05) is 18.7 Å². The van der Waals surface area contributed by atoms with Crippen molar-refractivity contribution in [3.63, 3.8) is 0 Å². The molecule has 0 saturated heterocycles. The standard InChI is InChI=1S/C24H21F2N3O4S2/c1-33-18-7-9-19(10-8-18)35(31,32)12-4-6-22(30)29(15-17-5-2-3-11-27-17)24-28-23-20(26)13-16(25)14-21(23)34-24/h2-3,5,7-11,13-14H,4,6,12,15H2,1H3. The van der Waals surface area contributed by atoms with Crippen molar-refractivity contribution in [2.24, 2.45) is 0 Å². The van der Waals surface area contributed by atoms with Crippen LogP contribution in [0, 0.1) is 11.6 Å². The number of hydrogen-bond acceptors (Lipinski definition) is 7. The second-order valence-electron chi connectivity index (χ2n) is 7.63. The molecule has 35 heavy (non-hydrogen) atoms. The number of amides is 1. The summed E-state index contributed by atoms with van der Waals surface area (Å²) >= 11 is 0.977. The lowest BCUT2D eigenvalue weighted by Crippen LogP contribution is -2.30. The van der Waals surface area contributed by atoms with Gasteiger partial charge >= 0.3 is 0 Å². The lowest BCUT2D eigenvalue weighted by atomic mass is 10.2. The van der Waals surface area contributed by atoms with Crippen LogP contribution in [0.15, 0.2) is 65.7 Å². The van der Waals surface area contributed by atoms with Crippen LogP contribution in [0.3, 0.4) is 0 Å². The molecular weight excluding hydrogens is 496 g/mol. The van der Waals surface area contributed by atoms with Crippen LogP contribution in [0.5, 0.6) is 5.75 Å². The molecule has 0 N–H and O–H groups in total. The lowest BCUT2D eigenvalue weighted by Gasteiger charge is -2.19. The van der Waals surface area contributed by atoms with Gasteiger partial charge in [-0.05, 0) is 48.9 Å². The fraction of sp³-hybridized carbons (Fsp3) is 0.208. The number of sulfone groups is 1. The molecule has 182 valence electrons. The van der Waals surface area contributed by atoms with Gasteiger partial charge in [-0.2, -0.15) is 0 Å². The number of anilines is 1. The SMILES string of the molecule is COc1ccc(S(=O)(=O)CCCC(=O)N(Cc2ccccn2)c2nc3c(F)cc(F)cc3s2)cc1. The Balaban J connectivity index is 1.53. The summed E-state index contributed by atoms with van der Waals surface area (Å²) in [5, 5.41) is 0.179. The molecule has 0 spiro atoms. The first kappa shape index (κ1) is 24.7. The first-order valence-corrected chi connectivity index (χ1v) is 13.1. The molecule has 11 heteroatoms. The topological polar surface area (TPSA) is 89.5 Å². The molecule has 4 aromatic rings. The third-order valence-corrected chi connectivity index (χ3v) is 8.04. The Kier molecular flexibility index (Phi) is 7.37. The van der Waals surface area contributed by atoms with Gasteiger partial charge in [0.25, 0.3) is 0 Å². The molecule has 0 radical (unpaired) electrons. The second kappa shape index (κ2) is 10.4. The minimum absolute atomic E-state index is 0.0349. The van der Waals surface area contributed by atoms with E-state index in [4.69, 9.17) is 4.74 Å². The number of ether oxygens (including phenoxy) is 1. The number of nitrogens with zero attached hydrogens (tertiary/aromatic N) is 3. The maximum atomic E-state index is 14.2. The quantitative estimate of drug-likeness (QED) is 0.318. The summed E-state index contributed by atoms with van der Waals surface area (Å²) in [7, 11) is -2.12. The molecule has 0 fully saturated rings. The molecule has 4 rings (SSSR count). The zero-order valence-electron chi connectivity index (χ0n) is 18.6. The average Bonchev–Trinajstić information content (AvgIpc) is 3.27. The van der Waals surface area contributed by atoms with E-state index in [0.717, 1.165) is 23.5 Å². The fourth-order valence-electron chi connectivity index (χ4n) is 3.43. The van der Waals surface area contributed by atoms with Gasteiger partial charge in [0.2, 0.25) is 5.91 Å². The number of carbonyl (C=O) groups is 1. The van der Waals surface area contributed by atoms with E-state index >= 15 is 0 Å². The highest BCUT2D eigenvalue weighted by Crippen LogP contribution is 2.32. The molecule has 0 atom stereocenters. The van der Waals surface area contributed by atoms with E-state index in [1.807, 2.05) is 0 Å². The van der Waals surface area contributed by atoms with E-state index < -0.39 is 27.4 Å².